The molecule has 68 valence electrons. The fourth-order valence-electron chi connectivity index (χ4n) is 0.888. The number of halogens is 1. The Morgan fingerprint density at radius 1 is 1.69 bits per heavy atom. The van der Waals surface area contributed by atoms with Gasteiger partial charge in [-0.1, -0.05) is 11.6 Å². The van der Waals surface area contributed by atoms with Crippen molar-refractivity contribution in [2.75, 3.05) is 7.11 Å². The molecule has 0 atom stereocenters. The smallest absolute Gasteiger partial charge is 0.224 e. The molecule has 1 heterocycles. The minimum Gasteiger partial charge on any atom is -0.480 e. The predicted molar refractivity (Wildman–Crippen MR) is 50.1 cm³/mol. The summed E-state index contributed by atoms with van der Waals surface area (Å²) in [6.45, 7) is 0. The molecule has 0 aliphatic rings. The van der Waals surface area contributed by atoms with Gasteiger partial charge in [-0.05, 0) is 18.2 Å². The number of rotatable bonds is 3. The van der Waals surface area contributed by atoms with E-state index in [9.17, 15) is 4.79 Å². The summed E-state index contributed by atoms with van der Waals surface area (Å²) < 4.78 is 4.90. The van der Waals surface area contributed by atoms with Crippen LogP contribution in [0.1, 0.15) is 10.4 Å². The molecule has 3 nitrogen and oxygen atoms in total. The number of aromatic nitrogens is 1. The summed E-state index contributed by atoms with van der Waals surface area (Å²) >= 11 is 5.28. The summed E-state index contributed by atoms with van der Waals surface area (Å²) in [6, 6.07) is 3.29. The first-order valence-electron chi connectivity index (χ1n) is 3.59. The summed E-state index contributed by atoms with van der Waals surface area (Å²) in [7, 11) is 1.46. The molecule has 0 saturated heterocycles. The molecule has 0 aliphatic heterocycles. The average Bonchev–Trinajstić information content (AvgIpc) is 2.18. The number of allylic oxidation sites excluding steroid dienone is 1. The molecule has 1 rings (SSSR count). The maximum absolute atomic E-state index is 11.3. The Balaban J connectivity index is 3.05. The molecule has 0 aliphatic carbocycles. The summed E-state index contributed by atoms with van der Waals surface area (Å²) in [5, 5.41) is 0. The molecule has 0 unspecified atom stereocenters. The van der Waals surface area contributed by atoms with Crippen LogP contribution in [-0.4, -0.2) is 17.9 Å². The van der Waals surface area contributed by atoms with Gasteiger partial charge in [0.2, 0.25) is 5.88 Å². The van der Waals surface area contributed by atoms with Crippen LogP contribution < -0.4 is 4.74 Å². The first kappa shape index (κ1) is 9.74. The van der Waals surface area contributed by atoms with E-state index < -0.39 is 0 Å². The molecule has 0 spiro atoms. The normalized spacial score (nSPS) is 10.3. The van der Waals surface area contributed by atoms with Gasteiger partial charge >= 0.3 is 0 Å². The van der Waals surface area contributed by atoms with Crippen LogP contribution in [0, 0.1) is 0 Å². The van der Waals surface area contributed by atoms with Crippen LogP contribution in [0.5, 0.6) is 5.88 Å². The van der Waals surface area contributed by atoms with Gasteiger partial charge in [-0.2, -0.15) is 0 Å². The molecule has 1 aromatic heterocycles. The van der Waals surface area contributed by atoms with E-state index in [4.69, 9.17) is 16.3 Å². The van der Waals surface area contributed by atoms with Crippen molar-refractivity contribution in [1.82, 2.24) is 4.98 Å². The molecular formula is C9H8ClNO2. The van der Waals surface area contributed by atoms with Crippen molar-refractivity contribution in [3.05, 3.63) is 35.5 Å². The van der Waals surface area contributed by atoms with Crippen molar-refractivity contribution in [3.8, 4) is 5.88 Å². The number of ether oxygens (including phenoxy) is 1. The molecule has 0 fully saturated rings. The highest BCUT2D eigenvalue weighted by atomic mass is 35.5. The predicted octanol–water partition coefficient (Wildman–Crippen LogP) is 2.03. The maximum Gasteiger partial charge on any atom is 0.224 e. The molecule has 13 heavy (non-hydrogen) atoms. The van der Waals surface area contributed by atoms with E-state index in [1.165, 1.54) is 13.2 Å². The lowest BCUT2D eigenvalue weighted by Gasteiger charge is -2.02. The topological polar surface area (TPSA) is 39.2 Å². The molecule has 0 aromatic carbocycles. The summed E-state index contributed by atoms with van der Waals surface area (Å²) in [4.78, 5) is 15.2. The fourth-order valence-corrected chi connectivity index (χ4v) is 1.00. The molecule has 1 aromatic rings. The van der Waals surface area contributed by atoms with Crippen LogP contribution in [0.2, 0.25) is 0 Å². The van der Waals surface area contributed by atoms with E-state index >= 15 is 0 Å². The summed E-state index contributed by atoms with van der Waals surface area (Å²) in [5.41, 5.74) is 1.57. The zero-order chi connectivity index (χ0) is 9.68. The minimum absolute atomic E-state index is 0.222. The second-order valence-corrected chi connectivity index (χ2v) is 2.47. The lowest BCUT2D eigenvalue weighted by molar-refractivity contribution is 0.104. The van der Waals surface area contributed by atoms with E-state index in [0.29, 0.717) is 11.4 Å². The van der Waals surface area contributed by atoms with Crippen LogP contribution in [0.4, 0.5) is 0 Å². The van der Waals surface area contributed by atoms with Crippen LogP contribution in [0.15, 0.2) is 29.9 Å². The Morgan fingerprint density at radius 3 is 3.08 bits per heavy atom. The van der Waals surface area contributed by atoms with Crippen LogP contribution in [0.25, 0.3) is 0 Å². The molecule has 0 amide bonds. The Kier molecular flexibility index (Phi) is 3.46. The molecule has 0 radical (unpaired) electrons. The third-order valence-corrected chi connectivity index (χ3v) is 1.57. The number of carbonyl (C=O) groups excluding carboxylic acids is 1. The van der Waals surface area contributed by atoms with E-state index in [1.807, 2.05) is 0 Å². The van der Waals surface area contributed by atoms with E-state index in [1.54, 1.807) is 18.3 Å². The molecule has 0 N–H and O–H groups in total. The molecule has 0 saturated carbocycles. The number of pyridine rings is 1. The molecular weight excluding hydrogens is 190 g/mol. The van der Waals surface area contributed by atoms with Crippen LogP contribution >= 0.6 is 11.6 Å². The second kappa shape index (κ2) is 4.62. The molecule has 0 bridgehead atoms. The first-order valence-corrected chi connectivity index (χ1v) is 4.03. The van der Waals surface area contributed by atoms with Gasteiger partial charge in [-0.25, -0.2) is 4.98 Å². The highest BCUT2D eigenvalue weighted by Crippen LogP contribution is 2.14. The van der Waals surface area contributed by atoms with Crippen molar-refractivity contribution >= 4 is 17.4 Å². The highest BCUT2D eigenvalue weighted by molar-refractivity contribution is 6.27. The van der Waals surface area contributed by atoms with Crippen LogP contribution in [0.3, 0.4) is 0 Å². The van der Waals surface area contributed by atoms with Gasteiger partial charge in [0.05, 0.1) is 12.7 Å². The number of hydrogen-bond acceptors (Lipinski definition) is 3. The quantitative estimate of drug-likeness (QED) is 0.550. The molecule has 4 heteroatoms. The van der Waals surface area contributed by atoms with Crippen molar-refractivity contribution in [2.45, 2.75) is 0 Å². The van der Waals surface area contributed by atoms with E-state index in [-0.39, 0.29) is 5.78 Å². The Labute approximate surface area is 81.0 Å². The Morgan fingerprint density at radius 2 is 2.46 bits per heavy atom. The average molecular weight is 198 g/mol. The van der Waals surface area contributed by atoms with Crippen molar-refractivity contribution in [1.29, 1.82) is 0 Å². The highest BCUT2D eigenvalue weighted by Gasteiger charge is 2.08. The Bertz CT molecular complexity index is 336. The van der Waals surface area contributed by atoms with Gasteiger partial charge in [0.15, 0.2) is 5.78 Å². The van der Waals surface area contributed by atoms with Crippen molar-refractivity contribution in [3.63, 3.8) is 0 Å². The summed E-state index contributed by atoms with van der Waals surface area (Å²) in [6.07, 6.45) is 2.81. The number of carbonyl (C=O) groups is 1. The van der Waals surface area contributed by atoms with E-state index in [2.05, 4.69) is 4.98 Å². The number of methoxy groups -OCH3 is 1. The van der Waals surface area contributed by atoms with Gasteiger partial charge in [0, 0.05) is 11.7 Å². The zero-order valence-corrected chi connectivity index (χ0v) is 7.78. The first-order chi connectivity index (χ1) is 6.29. The SMILES string of the molecule is COc1ncccc1C(=O)/C=C/Cl. The largest absolute Gasteiger partial charge is 0.480 e. The maximum atomic E-state index is 11.3. The number of hydrogen-bond donors (Lipinski definition) is 0. The third kappa shape index (κ3) is 2.29. The monoisotopic (exact) mass is 197 g/mol. The zero-order valence-electron chi connectivity index (χ0n) is 7.03. The number of nitrogens with zero attached hydrogens (tertiary/aromatic N) is 1. The lowest BCUT2D eigenvalue weighted by Crippen LogP contribution is -1.99. The fraction of sp³-hybridized carbons (Fsp3) is 0.111. The van der Waals surface area contributed by atoms with Gasteiger partial charge in [0.25, 0.3) is 0 Å². The third-order valence-electron chi connectivity index (χ3n) is 1.44. The van der Waals surface area contributed by atoms with Gasteiger partial charge in [-0.3, -0.25) is 4.79 Å². The van der Waals surface area contributed by atoms with Crippen LogP contribution in [-0.2, 0) is 0 Å². The minimum atomic E-state index is -0.222. The van der Waals surface area contributed by atoms with Crippen molar-refractivity contribution in [2.24, 2.45) is 0 Å². The summed E-state index contributed by atoms with van der Waals surface area (Å²) in [5.74, 6) is 0.0854. The van der Waals surface area contributed by atoms with Gasteiger partial charge in [0.1, 0.15) is 0 Å². The lowest BCUT2D eigenvalue weighted by atomic mass is 10.2. The second-order valence-electron chi connectivity index (χ2n) is 2.22. The standard InChI is InChI=1S/C9H8ClNO2/c1-13-9-7(3-2-6-11-9)8(12)4-5-10/h2-6H,1H3/b5-4+. The van der Waals surface area contributed by atoms with Crippen molar-refractivity contribution < 1.29 is 9.53 Å². The Hall–Kier alpha value is -1.35. The number of ketones is 1. The van der Waals surface area contributed by atoms with E-state index in [0.717, 1.165) is 5.54 Å². The van der Waals surface area contributed by atoms with Gasteiger partial charge < -0.3 is 4.74 Å². The van der Waals surface area contributed by atoms with Gasteiger partial charge in [-0.15, -0.1) is 0 Å².